The molecular weight excluding hydrogens is 364 g/mol. The summed E-state index contributed by atoms with van der Waals surface area (Å²) in [4.78, 5) is 12.7. The van der Waals surface area contributed by atoms with Crippen molar-refractivity contribution in [1.29, 1.82) is 0 Å². The number of rotatable bonds is 5. The molecule has 1 aromatic carbocycles. The van der Waals surface area contributed by atoms with Gasteiger partial charge in [-0.25, -0.2) is 15.0 Å². The molecule has 0 atom stereocenters. The summed E-state index contributed by atoms with van der Waals surface area (Å²) in [6.45, 7) is 3.91. The summed E-state index contributed by atoms with van der Waals surface area (Å²) in [5.74, 6) is 0.581. The van der Waals surface area contributed by atoms with Crippen LogP contribution in [0, 0.1) is 0 Å². The predicted molar refractivity (Wildman–Crippen MR) is 102 cm³/mol. The monoisotopic (exact) mass is 382 g/mol. The smallest absolute Gasteiger partial charge is 0.280 e. The van der Waals surface area contributed by atoms with Gasteiger partial charge in [0.1, 0.15) is 0 Å². The average molecular weight is 382 g/mol. The first kappa shape index (κ1) is 17.2. The lowest BCUT2D eigenvalue weighted by molar-refractivity contribution is 0.591. The van der Waals surface area contributed by atoms with Crippen LogP contribution in [0.15, 0.2) is 66.5 Å². The molecule has 8 nitrogen and oxygen atoms in total. The molecule has 0 fully saturated rings. The summed E-state index contributed by atoms with van der Waals surface area (Å²) in [6, 6.07) is 9.02. The van der Waals surface area contributed by atoms with Crippen molar-refractivity contribution in [3.05, 3.63) is 61.4 Å². The lowest BCUT2D eigenvalue weighted by Crippen LogP contribution is -2.13. The van der Waals surface area contributed by atoms with Crippen molar-refractivity contribution in [3.63, 3.8) is 0 Å². The summed E-state index contributed by atoms with van der Waals surface area (Å²) < 4.78 is 31.4. The number of fused-ring (bicyclic) bond motifs is 1. The van der Waals surface area contributed by atoms with E-state index in [0.717, 1.165) is 5.56 Å². The van der Waals surface area contributed by atoms with E-state index >= 15 is 0 Å². The van der Waals surface area contributed by atoms with Gasteiger partial charge < -0.3 is 4.57 Å². The molecule has 0 bridgehead atoms. The van der Waals surface area contributed by atoms with Crippen LogP contribution in [-0.2, 0) is 10.0 Å². The number of hydrogen-bond donors (Lipinski definition) is 1. The Morgan fingerprint density at radius 1 is 1.11 bits per heavy atom. The van der Waals surface area contributed by atoms with Crippen LogP contribution in [0.2, 0.25) is 0 Å². The minimum atomic E-state index is -3.77. The molecule has 1 N–H and O–H groups in total. The van der Waals surface area contributed by atoms with Crippen molar-refractivity contribution in [1.82, 2.24) is 23.9 Å². The third-order valence-corrected chi connectivity index (χ3v) is 5.36. The second kappa shape index (κ2) is 6.51. The molecule has 4 aromatic rings. The van der Waals surface area contributed by atoms with Crippen LogP contribution in [0.3, 0.4) is 0 Å². The van der Waals surface area contributed by atoms with Gasteiger partial charge in [0, 0.05) is 42.1 Å². The highest BCUT2D eigenvalue weighted by atomic mass is 32.2. The zero-order chi connectivity index (χ0) is 19.0. The van der Waals surface area contributed by atoms with Gasteiger partial charge in [-0.2, -0.15) is 8.42 Å². The Hall–Kier alpha value is -3.20. The van der Waals surface area contributed by atoms with Crippen LogP contribution < -0.4 is 4.72 Å². The number of nitrogens with zero attached hydrogens (tertiary/aromatic N) is 5. The maximum Gasteiger partial charge on any atom is 0.280 e. The summed E-state index contributed by atoms with van der Waals surface area (Å²) in [5, 5.41) is -0.0152. The van der Waals surface area contributed by atoms with E-state index in [9.17, 15) is 8.42 Å². The SMILES string of the molecule is CC(C)n1cnc(S(=O)(=O)Nc2cccc(-c3cn4cccnc4n3)c2)c1. The molecule has 4 rings (SSSR count). The minimum Gasteiger partial charge on any atom is -0.334 e. The zero-order valence-electron chi connectivity index (χ0n) is 14.8. The molecule has 0 aliphatic heterocycles. The van der Waals surface area contributed by atoms with Crippen LogP contribution >= 0.6 is 0 Å². The van der Waals surface area contributed by atoms with E-state index in [4.69, 9.17) is 0 Å². The highest BCUT2D eigenvalue weighted by molar-refractivity contribution is 7.92. The average Bonchev–Trinajstić information content (AvgIpc) is 3.29. The first-order chi connectivity index (χ1) is 12.9. The van der Waals surface area contributed by atoms with E-state index in [-0.39, 0.29) is 11.1 Å². The number of sulfonamides is 1. The first-order valence-corrected chi connectivity index (χ1v) is 9.87. The van der Waals surface area contributed by atoms with Crippen LogP contribution in [0.1, 0.15) is 19.9 Å². The molecular formula is C18H18N6O2S. The normalized spacial score (nSPS) is 12.0. The second-order valence-electron chi connectivity index (χ2n) is 6.39. The number of nitrogens with one attached hydrogen (secondary N) is 1. The molecule has 0 radical (unpaired) electrons. The number of aromatic nitrogens is 5. The van der Waals surface area contributed by atoms with Gasteiger partial charge in [0.05, 0.1) is 12.0 Å². The van der Waals surface area contributed by atoms with Gasteiger partial charge in [0.25, 0.3) is 10.0 Å². The maximum atomic E-state index is 12.6. The Bertz CT molecular complexity index is 1180. The van der Waals surface area contributed by atoms with Gasteiger partial charge in [-0.05, 0) is 32.0 Å². The Morgan fingerprint density at radius 2 is 1.96 bits per heavy atom. The molecule has 0 aliphatic carbocycles. The van der Waals surface area contributed by atoms with Crippen LogP contribution in [0.4, 0.5) is 5.69 Å². The fraction of sp³-hybridized carbons (Fsp3) is 0.167. The molecule has 3 heterocycles. The molecule has 9 heteroatoms. The Kier molecular flexibility index (Phi) is 4.15. The summed E-state index contributed by atoms with van der Waals surface area (Å²) >= 11 is 0. The van der Waals surface area contributed by atoms with E-state index in [1.54, 1.807) is 29.0 Å². The molecule has 138 valence electrons. The Labute approximate surface area is 156 Å². The molecule has 0 saturated carbocycles. The van der Waals surface area contributed by atoms with Gasteiger partial charge in [-0.15, -0.1) is 0 Å². The fourth-order valence-electron chi connectivity index (χ4n) is 2.66. The van der Waals surface area contributed by atoms with E-state index in [2.05, 4.69) is 19.7 Å². The van der Waals surface area contributed by atoms with Crippen molar-refractivity contribution >= 4 is 21.5 Å². The van der Waals surface area contributed by atoms with Gasteiger partial charge >= 0.3 is 0 Å². The van der Waals surface area contributed by atoms with E-state index in [1.807, 2.05) is 42.8 Å². The van der Waals surface area contributed by atoms with E-state index < -0.39 is 10.0 Å². The van der Waals surface area contributed by atoms with Crippen LogP contribution in [0.5, 0.6) is 0 Å². The molecule has 0 spiro atoms. The van der Waals surface area contributed by atoms with Crippen LogP contribution in [0.25, 0.3) is 17.0 Å². The summed E-state index contributed by atoms with van der Waals surface area (Å²) in [7, 11) is -3.77. The third-order valence-electron chi connectivity index (χ3n) is 4.10. The number of anilines is 1. The van der Waals surface area contributed by atoms with Gasteiger partial charge in [0.2, 0.25) is 5.78 Å². The van der Waals surface area contributed by atoms with Crippen LogP contribution in [-0.4, -0.2) is 32.3 Å². The summed E-state index contributed by atoms with van der Waals surface area (Å²) in [6.07, 6.45) is 8.41. The highest BCUT2D eigenvalue weighted by Crippen LogP contribution is 2.23. The Morgan fingerprint density at radius 3 is 2.70 bits per heavy atom. The number of imidazole rings is 2. The lowest BCUT2D eigenvalue weighted by Gasteiger charge is -2.07. The second-order valence-corrected chi connectivity index (χ2v) is 8.02. The third kappa shape index (κ3) is 3.41. The Balaban J connectivity index is 1.63. The quantitative estimate of drug-likeness (QED) is 0.573. The molecule has 0 unspecified atom stereocenters. The van der Waals surface area contributed by atoms with Crippen molar-refractivity contribution in [2.24, 2.45) is 0 Å². The first-order valence-electron chi connectivity index (χ1n) is 8.39. The largest absolute Gasteiger partial charge is 0.334 e. The van der Waals surface area contributed by atoms with E-state index in [0.29, 0.717) is 17.2 Å². The molecule has 0 amide bonds. The molecule has 3 aromatic heterocycles. The standard InChI is InChI=1S/C18H18N6O2S/c1-13(2)24-11-17(20-12-24)27(25,26)22-15-6-3-5-14(9-15)16-10-23-8-4-7-19-18(23)21-16/h3-13,22H,1-2H3. The fourth-order valence-corrected chi connectivity index (χ4v) is 3.65. The minimum absolute atomic E-state index is 0.0152. The lowest BCUT2D eigenvalue weighted by atomic mass is 10.1. The van der Waals surface area contributed by atoms with Crippen molar-refractivity contribution < 1.29 is 8.42 Å². The molecule has 0 saturated heterocycles. The van der Waals surface area contributed by atoms with Gasteiger partial charge in [0.15, 0.2) is 5.03 Å². The van der Waals surface area contributed by atoms with Crippen molar-refractivity contribution in [3.8, 4) is 11.3 Å². The highest BCUT2D eigenvalue weighted by Gasteiger charge is 2.18. The van der Waals surface area contributed by atoms with Crippen molar-refractivity contribution in [2.45, 2.75) is 24.9 Å². The van der Waals surface area contributed by atoms with Crippen molar-refractivity contribution in [2.75, 3.05) is 4.72 Å². The summed E-state index contributed by atoms with van der Waals surface area (Å²) in [5.41, 5.74) is 1.93. The molecule has 0 aliphatic rings. The topological polar surface area (TPSA) is 94.2 Å². The predicted octanol–water partition coefficient (Wildman–Crippen LogP) is 2.97. The van der Waals surface area contributed by atoms with E-state index in [1.165, 1.54) is 12.5 Å². The molecule has 27 heavy (non-hydrogen) atoms. The maximum absolute atomic E-state index is 12.6. The number of hydrogen-bond acceptors (Lipinski definition) is 5. The van der Waals surface area contributed by atoms with Gasteiger partial charge in [-0.3, -0.25) is 9.12 Å². The van der Waals surface area contributed by atoms with Gasteiger partial charge in [-0.1, -0.05) is 12.1 Å². The number of benzene rings is 1. The zero-order valence-corrected chi connectivity index (χ0v) is 15.6.